The number of sulfonamides is 1. The molecule has 1 amide bonds. The first-order valence-electron chi connectivity index (χ1n) is 8.47. The Morgan fingerprint density at radius 1 is 1.27 bits per heavy atom. The molecule has 0 aliphatic heterocycles. The monoisotopic (exact) mass is 390 g/mol. The smallest absolute Gasteiger partial charge is 0.238 e. The van der Waals surface area contributed by atoms with Crippen molar-refractivity contribution in [2.75, 3.05) is 11.1 Å². The van der Waals surface area contributed by atoms with E-state index in [1.54, 1.807) is 30.8 Å². The molecule has 2 aromatic carbocycles. The second kappa shape index (κ2) is 7.82. The largest absolute Gasteiger partial charge is 0.325 e. The molecule has 138 valence electrons. The summed E-state index contributed by atoms with van der Waals surface area (Å²) in [7, 11) is -3.81. The lowest BCUT2D eigenvalue weighted by Gasteiger charge is -2.24. The zero-order valence-corrected chi connectivity index (χ0v) is 16.2. The number of thioether (sulfide) groups is 1. The fraction of sp³-hybridized carbons (Fsp3) is 0.316. The highest BCUT2D eigenvalue weighted by Crippen LogP contribution is 2.39. The summed E-state index contributed by atoms with van der Waals surface area (Å²) in [5, 5.41) is 8.30. The molecule has 0 fully saturated rings. The molecule has 0 saturated heterocycles. The van der Waals surface area contributed by atoms with Gasteiger partial charge in [-0.1, -0.05) is 30.3 Å². The van der Waals surface area contributed by atoms with Gasteiger partial charge in [0.2, 0.25) is 15.9 Å². The van der Waals surface area contributed by atoms with Crippen molar-refractivity contribution < 1.29 is 13.2 Å². The Morgan fingerprint density at radius 2 is 2.04 bits per heavy atom. The number of aryl methyl sites for hydroxylation is 2. The molecular formula is C19H22N2O3S2. The van der Waals surface area contributed by atoms with E-state index in [4.69, 9.17) is 5.14 Å². The van der Waals surface area contributed by atoms with Gasteiger partial charge in [-0.25, -0.2) is 13.6 Å². The van der Waals surface area contributed by atoms with Crippen LogP contribution in [0.2, 0.25) is 0 Å². The number of nitrogens with two attached hydrogens (primary N) is 1. The lowest BCUT2D eigenvalue weighted by molar-refractivity contribution is -0.113. The van der Waals surface area contributed by atoms with Crippen LogP contribution in [0.5, 0.6) is 0 Å². The van der Waals surface area contributed by atoms with Crippen LogP contribution >= 0.6 is 11.8 Å². The third-order valence-electron chi connectivity index (χ3n) is 4.51. The summed E-state index contributed by atoms with van der Waals surface area (Å²) in [4.78, 5) is 12.3. The number of rotatable bonds is 5. The number of benzene rings is 2. The standard InChI is InChI=1S/C19H22N2O3S2/c1-13-9-10-15(11-18(13)26(20,23)24)21-19(22)12-25-17-8-4-6-14-5-2-3-7-16(14)17/h2-3,5,7,9-11,17H,4,6,8,12H2,1H3,(H,21,22)(H2,20,23,24). The molecule has 0 bridgehead atoms. The van der Waals surface area contributed by atoms with Gasteiger partial charge < -0.3 is 5.32 Å². The van der Waals surface area contributed by atoms with Crippen LogP contribution < -0.4 is 10.5 Å². The fourth-order valence-corrected chi connectivity index (χ4v) is 5.22. The number of hydrogen-bond acceptors (Lipinski definition) is 4. The average molecular weight is 391 g/mol. The third-order valence-corrected chi connectivity index (χ3v) is 6.88. The van der Waals surface area contributed by atoms with Gasteiger partial charge in [0.1, 0.15) is 0 Å². The molecule has 1 aliphatic rings. The molecule has 1 atom stereocenters. The summed E-state index contributed by atoms with van der Waals surface area (Å²) in [6, 6.07) is 13.1. The Labute approximate surface area is 158 Å². The number of primary sulfonamides is 1. The summed E-state index contributed by atoms with van der Waals surface area (Å²) in [5.74, 6) is 0.166. The number of amides is 1. The third kappa shape index (κ3) is 4.47. The van der Waals surface area contributed by atoms with Crippen molar-refractivity contribution in [2.45, 2.75) is 36.3 Å². The summed E-state index contributed by atoms with van der Waals surface area (Å²) in [6.07, 6.45) is 3.29. The first-order chi connectivity index (χ1) is 12.3. The van der Waals surface area contributed by atoms with E-state index in [2.05, 4.69) is 23.5 Å². The molecule has 0 aromatic heterocycles. The number of hydrogen-bond donors (Lipinski definition) is 2. The normalized spacial score (nSPS) is 16.8. The molecule has 2 aromatic rings. The van der Waals surface area contributed by atoms with E-state index in [0.717, 1.165) is 19.3 Å². The minimum atomic E-state index is -3.81. The van der Waals surface area contributed by atoms with Gasteiger partial charge in [0.05, 0.1) is 10.6 Å². The van der Waals surface area contributed by atoms with Crippen molar-refractivity contribution in [1.82, 2.24) is 0 Å². The second-order valence-corrected chi connectivity index (χ2v) is 9.19. The first kappa shape index (κ1) is 18.9. The van der Waals surface area contributed by atoms with Crippen LogP contribution in [0, 0.1) is 6.92 Å². The molecule has 5 nitrogen and oxygen atoms in total. The zero-order valence-electron chi connectivity index (χ0n) is 14.6. The molecule has 3 rings (SSSR count). The second-order valence-electron chi connectivity index (χ2n) is 6.46. The van der Waals surface area contributed by atoms with E-state index >= 15 is 0 Å². The maximum Gasteiger partial charge on any atom is 0.238 e. The van der Waals surface area contributed by atoms with Gasteiger partial charge in [-0.3, -0.25) is 4.79 Å². The molecule has 26 heavy (non-hydrogen) atoms. The number of fused-ring (bicyclic) bond motifs is 1. The maximum atomic E-state index is 12.3. The predicted molar refractivity (Wildman–Crippen MR) is 106 cm³/mol. The van der Waals surface area contributed by atoms with E-state index in [0.29, 0.717) is 22.3 Å². The van der Waals surface area contributed by atoms with Crippen LogP contribution in [0.15, 0.2) is 47.4 Å². The van der Waals surface area contributed by atoms with Gasteiger partial charge >= 0.3 is 0 Å². The summed E-state index contributed by atoms with van der Waals surface area (Å²) in [6.45, 7) is 1.67. The van der Waals surface area contributed by atoms with Crippen molar-refractivity contribution in [3.05, 3.63) is 59.2 Å². The van der Waals surface area contributed by atoms with Crippen LogP contribution in [0.25, 0.3) is 0 Å². The van der Waals surface area contributed by atoms with Crippen LogP contribution in [-0.2, 0) is 21.2 Å². The molecular weight excluding hydrogens is 368 g/mol. The van der Waals surface area contributed by atoms with E-state index in [1.807, 2.05) is 6.07 Å². The molecule has 3 N–H and O–H groups in total. The SMILES string of the molecule is Cc1ccc(NC(=O)CSC2CCCc3ccccc32)cc1S(N)(=O)=O. The highest BCUT2D eigenvalue weighted by atomic mass is 32.2. The first-order valence-corrected chi connectivity index (χ1v) is 11.1. The lowest BCUT2D eigenvalue weighted by atomic mass is 9.91. The van der Waals surface area contributed by atoms with E-state index < -0.39 is 10.0 Å². The molecule has 1 aliphatic carbocycles. The number of nitrogens with one attached hydrogen (secondary N) is 1. The minimum Gasteiger partial charge on any atom is -0.325 e. The zero-order chi connectivity index (χ0) is 18.7. The molecule has 0 saturated carbocycles. The number of anilines is 1. The fourth-order valence-electron chi connectivity index (χ4n) is 3.24. The van der Waals surface area contributed by atoms with Crippen molar-refractivity contribution in [3.8, 4) is 0 Å². The van der Waals surface area contributed by atoms with Crippen LogP contribution in [0.3, 0.4) is 0 Å². The van der Waals surface area contributed by atoms with Gasteiger partial charge in [0.25, 0.3) is 0 Å². The maximum absolute atomic E-state index is 12.3. The Kier molecular flexibility index (Phi) is 5.70. The summed E-state index contributed by atoms with van der Waals surface area (Å²) in [5.41, 5.74) is 3.68. The van der Waals surface area contributed by atoms with Gasteiger partial charge in [0.15, 0.2) is 0 Å². The van der Waals surface area contributed by atoms with Gasteiger partial charge in [0, 0.05) is 10.9 Å². The highest BCUT2D eigenvalue weighted by Gasteiger charge is 2.21. The Bertz CT molecular complexity index is 926. The van der Waals surface area contributed by atoms with E-state index in [-0.39, 0.29) is 10.8 Å². The van der Waals surface area contributed by atoms with Crippen LogP contribution in [0.4, 0.5) is 5.69 Å². The number of carbonyl (C=O) groups excluding carboxylic acids is 1. The Balaban J connectivity index is 1.64. The number of carbonyl (C=O) groups is 1. The van der Waals surface area contributed by atoms with Crippen molar-refractivity contribution in [3.63, 3.8) is 0 Å². The Morgan fingerprint density at radius 3 is 2.81 bits per heavy atom. The summed E-state index contributed by atoms with van der Waals surface area (Å²) < 4.78 is 23.2. The molecule has 1 unspecified atom stereocenters. The molecule has 0 spiro atoms. The lowest BCUT2D eigenvalue weighted by Crippen LogP contribution is -2.18. The van der Waals surface area contributed by atoms with Crippen molar-refractivity contribution >= 4 is 33.4 Å². The van der Waals surface area contributed by atoms with Gasteiger partial charge in [-0.15, -0.1) is 11.8 Å². The van der Waals surface area contributed by atoms with Crippen molar-refractivity contribution in [1.29, 1.82) is 0 Å². The predicted octanol–water partition coefficient (Wildman–Crippen LogP) is 3.39. The molecule has 0 radical (unpaired) electrons. The van der Waals surface area contributed by atoms with E-state index in [9.17, 15) is 13.2 Å². The van der Waals surface area contributed by atoms with Gasteiger partial charge in [-0.05, 0) is 55.0 Å². The van der Waals surface area contributed by atoms with Gasteiger partial charge in [-0.2, -0.15) is 0 Å². The average Bonchev–Trinajstić information content (AvgIpc) is 2.60. The summed E-state index contributed by atoms with van der Waals surface area (Å²) >= 11 is 1.63. The highest BCUT2D eigenvalue weighted by molar-refractivity contribution is 8.00. The van der Waals surface area contributed by atoms with Crippen molar-refractivity contribution in [2.24, 2.45) is 5.14 Å². The Hall–Kier alpha value is -1.83. The van der Waals surface area contributed by atoms with Crippen LogP contribution in [-0.4, -0.2) is 20.1 Å². The minimum absolute atomic E-state index is 0.0316. The quantitative estimate of drug-likeness (QED) is 0.819. The molecule has 0 heterocycles. The molecule has 7 heteroatoms. The topological polar surface area (TPSA) is 89.3 Å². The van der Waals surface area contributed by atoms with E-state index in [1.165, 1.54) is 17.2 Å². The van der Waals surface area contributed by atoms with Crippen LogP contribution in [0.1, 0.15) is 34.8 Å².